The van der Waals surface area contributed by atoms with E-state index < -0.39 is 0 Å². The van der Waals surface area contributed by atoms with E-state index in [1.165, 1.54) is 25.3 Å². The number of nitrogen functional groups attached to an aromatic ring is 1. The first-order chi connectivity index (χ1) is 8.22. The van der Waals surface area contributed by atoms with Crippen molar-refractivity contribution in [2.75, 3.05) is 12.3 Å². The standard InChI is InChI=1S/C14H21FN2/c1-2-12-7-3-4-9-17(12)10-11-6-5-8-13(15)14(11)16/h5-6,8,12H,2-4,7,9-10,16H2,1H3. The minimum atomic E-state index is -0.299. The molecule has 1 heterocycles. The summed E-state index contributed by atoms with van der Waals surface area (Å²) in [5.74, 6) is -0.299. The minimum Gasteiger partial charge on any atom is -0.396 e. The summed E-state index contributed by atoms with van der Waals surface area (Å²) in [5, 5.41) is 0. The maximum absolute atomic E-state index is 13.4. The Hall–Kier alpha value is -1.09. The number of benzene rings is 1. The summed E-state index contributed by atoms with van der Waals surface area (Å²) >= 11 is 0. The molecule has 2 N–H and O–H groups in total. The number of hydrogen-bond acceptors (Lipinski definition) is 2. The monoisotopic (exact) mass is 236 g/mol. The van der Waals surface area contributed by atoms with Crippen LogP contribution in [0.5, 0.6) is 0 Å². The smallest absolute Gasteiger partial charge is 0.146 e. The van der Waals surface area contributed by atoms with Crippen LogP contribution in [-0.4, -0.2) is 17.5 Å². The SMILES string of the molecule is CCC1CCCCN1Cc1cccc(F)c1N. The van der Waals surface area contributed by atoms with Gasteiger partial charge in [-0.2, -0.15) is 0 Å². The first-order valence-electron chi connectivity index (χ1n) is 6.49. The van der Waals surface area contributed by atoms with Crippen LogP contribution >= 0.6 is 0 Å². The third-order valence-corrected chi connectivity index (χ3v) is 3.74. The summed E-state index contributed by atoms with van der Waals surface area (Å²) in [4.78, 5) is 2.44. The Bertz CT molecular complexity index is 378. The van der Waals surface area contributed by atoms with Crippen LogP contribution in [0.15, 0.2) is 18.2 Å². The number of piperidine rings is 1. The van der Waals surface area contributed by atoms with Gasteiger partial charge in [0.1, 0.15) is 5.82 Å². The van der Waals surface area contributed by atoms with Crippen LogP contribution in [-0.2, 0) is 6.54 Å². The van der Waals surface area contributed by atoms with Gasteiger partial charge in [-0.05, 0) is 37.4 Å². The molecule has 2 rings (SSSR count). The van der Waals surface area contributed by atoms with Crippen molar-refractivity contribution in [2.45, 2.75) is 45.2 Å². The number of rotatable bonds is 3. The van der Waals surface area contributed by atoms with E-state index >= 15 is 0 Å². The Kier molecular flexibility index (Phi) is 4.00. The fourth-order valence-electron chi connectivity index (χ4n) is 2.67. The summed E-state index contributed by atoms with van der Waals surface area (Å²) in [6.07, 6.45) is 4.97. The predicted molar refractivity (Wildman–Crippen MR) is 69.2 cm³/mol. The lowest BCUT2D eigenvalue weighted by Gasteiger charge is -2.35. The lowest BCUT2D eigenvalue weighted by atomic mass is 9.99. The van der Waals surface area contributed by atoms with Gasteiger partial charge in [-0.1, -0.05) is 25.5 Å². The van der Waals surface area contributed by atoms with E-state index in [9.17, 15) is 4.39 Å². The van der Waals surface area contributed by atoms with Crippen molar-refractivity contribution in [2.24, 2.45) is 0 Å². The van der Waals surface area contributed by atoms with Gasteiger partial charge in [-0.15, -0.1) is 0 Å². The molecule has 3 heteroatoms. The molecule has 1 saturated heterocycles. The van der Waals surface area contributed by atoms with E-state index in [2.05, 4.69) is 11.8 Å². The molecule has 0 amide bonds. The van der Waals surface area contributed by atoms with Crippen molar-refractivity contribution >= 4 is 5.69 Å². The first kappa shape index (κ1) is 12.4. The van der Waals surface area contributed by atoms with Crippen LogP contribution in [0.1, 0.15) is 38.2 Å². The Labute approximate surface area is 103 Å². The molecule has 0 spiro atoms. The van der Waals surface area contributed by atoms with Crippen molar-refractivity contribution in [3.63, 3.8) is 0 Å². The normalized spacial score (nSPS) is 21.6. The Morgan fingerprint density at radius 3 is 3.00 bits per heavy atom. The van der Waals surface area contributed by atoms with Crippen LogP contribution in [0.4, 0.5) is 10.1 Å². The summed E-state index contributed by atoms with van der Waals surface area (Å²) in [7, 11) is 0. The fraction of sp³-hybridized carbons (Fsp3) is 0.571. The molecule has 0 bridgehead atoms. The maximum atomic E-state index is 13.4. The number of nitrogens with two attached hydrogens (primary N) is 1. The topological polar surface area (TPSA) is 29.3 Å². The Morgan fingerprint density at radius 2 is 2.24 bits per heavy atom. The molecule has 0 aliphatic carbocycles. The van der Waals surface area contributed by atoms with Crippen molar-refractivity contribution in [3.8, 4) is 0 Å². The second-order valence-electron chi connectivity index (χ2n) is 4.84. The third kappa shape index (κ3) is 2.78. The molecular formula is C14H21FN2. The summed E-state index contributed by atoms with van der Waals surface area (Å²) in [6.45, 7) is 4.11. The van der Waals surface area contributed by atoms with Crippen LogP contribution in [0.25, 0.3) is 0 Å². The fourth-order valence-corrected chi connectivity index (χ4v) is 2.67. The third-order valence-electron chi connectivity index (χ3n) is 3.74. The number of anilines is 1. The van der Waals surface area contributed by atoms with Crippen LogP contribution in [0.3, 0.4) is 0 Å². The molecule has 1 aliphatic rings. The first-order valence-corrected chi connectivity index (χ1v) is 6.49. The molecule has 94 valence electrons. The van der Waals surface area contributed by atoms with Gasteiger partial charge in [0.2, 0.25) is 0 Å². The number of halogens is 1. The largest absolute Gasteiger partial charge is 0.396 e. The van der Waals surface area contributed by atoms with Gasteiger partial charge in [0.05, 0.1) is 5.69 Å². The Balaban J connectivity index is 2.11. The zero-order chi connectivity index (χ0) is 12.3. The van der Waals surface area contributed by atoms with Gasteiger partial charge in [0.15, 0.2) is 0 Å². The van der Waals surface area contributed by atoms with E-state index in [1.807, 2.05) is 6.07 Å². The lowest BCUT2D eigenvalue weighted by molar-refractivity contribution is 0.136. The van der Waals surface area contributed by atoms with Crippen molar-refractivity contribution in [1.29, 1.82) is 0 Å². The van der Waals surface area contributed by atoms with Gasteiger partial charge in [-0.3, -0.25) is 4.90 Å². The molecular weight excluding hydrogens is 215 g/mol. The molecule has 1 unspecified atom stereocenters. The van der Waals surface area contributed by atoms with Gasteiger partial charge in [-0.25, -0.2) is 4.39 Å². The highest BCUT2D eigenvalue weighted by Gasteiger charge is 2.21. The van der Waals surface area contributed by atoms with E-state index in [1.54, 1.807) is 6.07 Å². The van der Waals surface area contributed by atoms with E-state index in [0.29, 0.717) is 11.7 Å². The zero-order valence-electron chi connectivity index (χ0n) is 10.5. The van der Waals surface area contributed by atoms with Gasteiger partial charge < -0.3 is 5.73 Å². The number of nitrogens with zero attached hydrogens (tertiary/aromatic N) is 1. The molecule has 1 aromatic rings. The van der Waals surface area contributed by atoms with E-state index in [4.69, 9.17) is 5.73 Å². The van der Waals surface area contributed by atoms with Crippen LogP contribution in [0.2, 0.25) is 0 Å². The molecule has 1 atom stereocenters. The molecule has 1 aliphatic heterocycles. The maximum Gasteiger partial charge on any atom is 0.146 e. The summed E-state index contributed by atoms with van der Waals surface area (Å²) in [5.41, 5.74) is 7.02. The highest BCUT2D eigenvalue weighted by Crippen LogP contribution is 2.24. The average Bonchev–Trinajstić information content (AvgIpc) is 2.35. The number of para-hydroxylation sites is 1. The second-order valence-corrected chi connectivity index (χ2v) is 4.84. The molecule has 1 aromatic carbocycles. The molecule has 2 nitrogen and oxygen atoms in total. The quantitative estimate of drug-likeness (QED) is 0.817. The molecule has 1 fully saturated rings. The molecule has 0 radical (unpaired) electrons. The molecule has 0 aromatic heterocycles. The highest BCUT2D eigenvalue weighted by atomic mass is 19.1. The van der Waals surface area contributed by atoms with Crippen molar-refractivity contribution < 1.29 is 4.39 Å². The number of hydrogen-bond donors (Lipinski definition) is 1. The van der Waals surface area contributed by atoms with Gasteiger partial charge >= 0.3 is 0 Å². The van der Waals surface area contributed by atoms with Gasteiger partial charge in [0, 0.05) is 12.6 Å². The van der Waals surface area contributed by atoms with Crippen molar-refractivity contribution in [1.82, 2.24) is 4.90 Å². The molecule has 17 heavy (non-hydrogen) atoms. The van der Waals surface area contributed by atoms with E-state index in [-0.39, 0.29) is 5.82 Å². The van der Waals surface area contributed by atoms with Crippen molar-refractivity contribution in [3.05, 3.63) is 29.6 Å². The Morgan fingerprint density at radius 1 is 1.41 bits per heavy atom. The number of likely N-dealkylation sites (tertiary alicyclic amines) is 1. The van der Waals surface area contributed by atoms with Crippen LogP contribution < -0.4 is 5.73 Å². The minimum absolute atomic E-state index is 0.299. The van der Waals surface area contributed by atoms with E-state index in [0.717, 1.165) is 25.1 Å². The summed E-state index contributed by atoms with van der Waals surface area (Å²) < 4.78 is 13.4. The molecule has 0 saturated carbocycles. The lowest BCUT2D eigenvalue weighted by Crippen LogP contribution is -2.38. The predicted octanol–water partition coefficient (Wildman–Crippen LogP) is 3.17. The van der Waals surface area contributed by atoms with Crippen LogP contribution in [0, 0.1) is 5.82 Å². The highest BCUT2D eigenvalue weighted by molar-refractivity contribution is 5.47. The summed E-state index contributed by atoms with van der Waals surface area (Å²) in [6, 6.07) is 5.73. The second kappa shape index (κ2) is 5.50. The zero-order valence-corrected chi connectivity index (χ0v) is 10.5. The average molecular weight is 236 g/mol. The van der Waals surface area contributed by atoms with Gasteiger partial charge in [0.25, 0.3) is 0 Å².